The molecule has 0 aliphatic carbocycles. The van der Waals surface area contributed by atoms with E-state index in [1.807, 2.05) is 25.8 Å². The number of halogens is 5. The van der Waals surface area contributed by atoms with Crippen LogP contribution >= 0.6 is 0 Å². The quantitative estimate of drug-likeness (QED) is 0.320. The number of unbranched alkanes of at least 4 members (excludes halogenated alkanes) is 3. The molecule has 1 aliphatic rings. The average molecular weight is 478 g/mol. The minimum absolute atomic E-state index is 0.0660. The Balaban J connectivity index is 0.000000880. The molecule has 0 atom stereocenters. The lowest BCUT2D eigenvalue weighted by molar-refractivity contribution is -0.140. The summed E-state index contributed by atoms with van der Waals surface area (Å²) < 4.78 is 63.7. The molecule has 2 heterocycles. The first-order valence-corrected chi connectivity index (χ1v) is 11.6. The van der Waals surface area contributed by atoms with Gasteiger partial charge in [0.05, 0.1) is 7.18 Å². The van der Waals surface area contributed by atoms with Crippen LogP contribution in [0.4, 0.5) is 27.6 Å². The molecule has 0 saturated heterocycles. The molecular formula is C25H40F5N3. The maximum absolute atomic E-state index is 13.5. The Morgan fingerprint density at radius 2 is 1.55 bits per heavy atom. The summed E-state index contributed by atoms with van der Waals surface area (Å²) in [4.78, 5) is 2.01. The van der Waals surface area contributed by atoms with Crippen LogP contribution in [0.3, 0.4) is 0 Å². The monoisotopic (exact) mass is 477 g/mol. The summed E-state index contributed by atoms with van der Waals surface area (Å²) >= 11 is 0. The lowest BCUT2D eigenvalue weighted by atomic mass is 9.92. The second-order valence-electron chi connectivity index (χ2n) is 7.57. The molecule has 2 aromatic rings. The molecule has 0 unspecified atom stereocenters. The van der Waals surface area contributed by atoms with E-state index in [2.05, 4.69) is 18.9 Å². The van der Waals surface area contributed by atoms with E-state index in [0.29, 0.717) is 7.18 Å². The second kappa shape index (κ2) is 15.7. The summed E-state index contributed by atoms with van der Waals surface area (Å²) in [5.74, 6) is 0. The second-order valence-corrected chi connectivity index (χ2v) is 7.57. The molecule has 8 heteroatoms. The number of hydrogen-bond donors (Lipinski definition) is 0. The van der Waals surface area contributed by atoms with Crippen molar-refractivity contribution in [3.8, 4) is 11.1 Å². The molecule has 0 amide bonds. The Kier molecular flexibility index (Phi) is 14.7. The first-order valence-electron chi connectivity index (χ1n) is 11.6. The Hall–Kier alpha value is -2.12. The number of anilines is 1. The standard InChI is InChI=1S/C16H17F4N3.C6H14.C2H6.CH3F/c1-22-5-3-4-10-6-12(11(8-17)7-14(10)22)13-9-23(2)21-15(13)16(18,19)20;1-3-5-6-4-2;2*1-2/h6-7,9H,3-5,8H2,1-2H3;3-6H2,1-2H3;1-2H3;1H3. The zero-order valence-electron chi connectivity index (χ0n) is 21.1. The van der Waals surface area contributed by atoms with Gasteiger partial charge in [0.15, 0.2) is 5.69 Å². The smallest absolute Gasteiger partial charge is 0.374 e. The Morgan fingerprint density at radius 1 is 0.970 bits per heavy atom. The number of fused-ring (bicyclic) bond motifs is 1. The third-order valence-corrected chi connectivity index (χ3v) is 5.14. The van der Waals surface area contributed by atoms with E-state index < -0.39 is 18.5 Å². The number of benzene rings is 1. The molecule has 3 nitrogen and oxygen atoms in total. The molecule has 0 saturated carbocycles. The van der Waals surface area contributed by atoms with Crippen LogP contribution in [-0.4, -0.2) is 30.6 Å². The van der Waals surface area contributed by atoms with Crippen LogP contribution in [0.25, 0.3) is 11.1 Å². The van der Waals surface area contributed by atoms with Crippen molar-refractivity contribution in [2.75, 3.05) is 25.7 Å². The van der Waals surface area contributed by atoms with E-state index >= 15 is 0 Å². The topological polar surface area (TPSA) is 21.1 Å². The number of rotatable bonds is 5. The van der Waals surface area contributed by atoms with E-state index in [9.17, 15) is 22.0 Å². The number of nitrogens with zero attached hydrogens (tertiary/aromatic N) is 3. The van der Waals surface area contributed by atoms with E-state index in [1.165, 1.54) is 38.9 Å². The van der Waals surface area contributed by atoms with Crippen molar-refractivity contribution in [1.82, 2.24) is 9.78 Å². The van der Waals surface area contributed by atoms with Crippen molar-refractivity contribution in [3.05, 3.63) is 35.2 Å². The predicted molar refractivity (Wildman–Crippen MR) is 128 cm³/mol. The third kappa shape index (κ3) is 8.97. The first kappa shape index (κ1) is 30.9. The largest absolute Gasteiger partial charge is 0.435 e. The van der Waals surface area contributed by atoms with Gasteiger partial charge in [-0.05, 0) is 41.7 Å². The lowest BCUT2D eigenvalue weighted by Gasteiger charge is -2.29. The molecule has 1 aliphatic heterocycles. The van der Waals surface area contributed by atoms with Gasteiger partial charge < -0.3 is 4.90 Å². The first-order chi connectivity index (χ1) is 15.7. The van der Waals surface area contributed by atoms with Crippen molar-refractivity contribution < 1.29 is 22.0 Å². The molecule has 0 bridgehead atoms. The minimum atomic E-state index is -4.57. The molecule has 3 rings (SSSR count). The van der Waals surface area contributed by atoms with E-state index in [-0.39, 0.29) is 16.7 Å². The van der Waals surface area contributed by atoms with Gasteiger partial charge in [0.2, 0.25) is 0 Å². The van der Waals surface area contributed by atoms with Crippen molar-refractivity contribution in [3.63, 3.8) is 0 Å². The number of alkyl halides is 5. The zero-order valence-corrected chi connectivity index (χ0v) is 21.1. The molecule has 0 radical (unpaired) electrons. The number of hydrogen-bond acceptors (Lipinski definition) is 2. The molecule has 0 spiro atoms. The van der Waals surface area contributed by atoms with Crippen LogP contribution in [0.1, 0.15) is 76.6 Å². The summed E-state index contributed by atoms with van der Waals surface area (Å²) in [6.07, 6.45) is 3.97. The molecule has 1 aromatic heterocycles. The van der Waals surface area contributed by atoms with Crippen molar-refractivity contribution in [2.45, 2.75) is 79.1 Å². The number of aromatic nitrogens is 2. The van der Waals surface area contributed by atoms with Crippen molar-refractivity contribution in [1.29, 1.82) is 0 Å². The van der Waals surface area contributed by atoms with Gasteiger partial charge in [-0.15, -0.1) is 0 Å². The predicted octanol–water partition coefficient (Wildman–Crippen LogP) is 8.16. The van der Waals surface area contributed by atoms with Gasteiger partial charge in [-0.3, -0.25) is 9.07 Å². The molecule has 190 valence electrons. The normalized spacial score (nSPS) is 12.4. The fourth-order valence-electron chi connectivity index (χ4n) is 3.62. The average Bonchev–Trinajstić information content (AvgIpc) is 3.22. The highest BCUT2D eigenvalue weighted by atomic mass is 19.4. The lowest BCUT2D eigenvalue weighted by Crippen LogP contribution is -2.25. The van der Waals surface area contributed by atoms with Crippen LogP contribution in [0, 0.1) is 0 Å². The van der Waals surface area contributed by atoms with Gasteiger partial charge >= 0.3 is 6.18 Å². The molecule has 0 N–H and O–H groups in total. The van der Waals surface area contributed by atoms with Gasteiger partial charge in [-0.1, -0.05) is 53.4 Å². The molecule has 0 fully saturated rings. The fraction of sp³-hybridized carbons (Fsp3) is 0.640. The Labute approximate surface area is 196 Å². The Morgan fingerprint density at radius 3 is 2.03 bits per heavy atom. The van der Waals surface area contributed by atoms with E-state index in [1.54, 1.807) is 12.1 Å². The van der Waals surface area contributed by atoms with Crippen LogP contribution in [0.2, 0.25) is 0 Å². The van der Waals surface area contributed by atoms with Gasteiger partial charge in [0.1, 0.15) is 6.67 Å². The summed E-state index contributed by atoms with van der Waals surface area (Å²) in [6, 6.07) is 3.35. The van der Waals surface area contributed by atoms with E-state index in [0.717, 1.165) is 35.3 Å². The van der Waals surface area contributed by atoms with Crippen LogP contribution in [-0.2, 0) is 26.3 Å². The van der Waals surface area contributed by atoms with Gasteiger partial charge in [-0.25, -0.2) is 4.39 Å². The highest BCUT2D eigenvalue weighted by Gasteiger charge is 2.38. The Bertz CT molecular complexity index is 796. The maximum atomic E-state index is 13.5. The van der Waals surface area contributed by atoms with Crippen LogP contribution < -0.4 is 4.90 Å². The van der Waals surface area contributed by atoms with Gasteiger partial charge in [0, 0.05) is 38.1 Å². The molecule has 1 aromatic carbocycles. The minimum Gasteiger partial charge on any atom is -0.374 e. The van der Waals surface area contributed by atoms with Crippen LogP contribution in [0.15, 0.2) is 18.3 Å². The van der Waals surface area contributed by atoms with Crippen LogP contribution in [0.5, 0.6) is 0 Å². The summed E-state index contributed by atoms with van der Waals surface area (Å²) in [5.41, 5.74) is 1.34. The van der Waals surface area contributed by atoms with Crippen molar-refractivity contribution >= 4 is 5.69 Å². The fourth-order valence-corrected chi connectivity index (χ4v) is 3.62. The maximum Gasteiger partial charge on any atom is 0.435 e. The van der Waals surface area contributed by atoms with E-state index in [4.69, 9.17) is 0 Å². The summed E-state index contributed by atoms with van der Waals surface area (Å²) in [5, 5.41) is 3.52. The third-order valence-electron chi connectivity index (χ3n) is 5.14. The summed E-state index contributed by atoms with van der Waals surface area (Å²) in [6.45, 7) is 8.51. The van der Waals surface area contributed by atoms with Gasteiger partial charge in [0.25, 0.3) is 0 Å². The highest BCUT2D eigenvalue weighted by molar-refractivity contribution is 5.75. The summed E-state index contributed by atoms with van der Waals surface area (Å²) in [7, 11) is 3.84. The zero-order chi connectivity index (χ0) is 25.6. The van der Waals surface area contributed by atoms with Gasteiger partial charge in [-0.2, -0.15) is 18.3 Å². The highest BCUT2D eigenvalue weighted by Crippen LogP contribution is 2.40. The molecule has 33 heavy (non-hydrogen) atoms. The van der Waals surface area contributed by atoms with Crippen molar-refractivity contribution in [2.24, 2.45) is 7.05 Å². The number of aryl methyl sites for hydroxylation is 2. The molecular weight excluding hydrogens is 437 g/mol. The SMILES string of the molecule is CC.CCCCCC.CF.CN1CCCc2cc(-c3cn(C)nc3C(F)(F)F)c(CF)cc21.